The first-order chi connectivity index (χ1) is 12.7. The minimum Gasteiger partial charge on any atom is -0.375 e. The molecule has 1 aromatic rings. The number of carbonyl (C=O) groups is 1. The number of piperidine rings is 1. The van der Waals surface area contributed by atoms with Crippen LogP contribution in [0, 0.1) is 11.8 Å². The Morgan fingerprint density at radius 3 is 2.50 bits per heavy atom. The summed E-state index contributed by atoms with van der Waals surface area (Å²) in [6.45, 7) is 4.58. The van der Waals surface area contributed by atoms with Crippen molar-refractivity contribution in [2.75, 3.05) is 44.8 Å². The second kappa shape index (κ2) is 7.97. The van der Waals surface area contributed by atoms with Crippen LogP contribution in [-0.2, 0) is 9.53 Å². The van der Waals surface area contributed by atoms with Gasteiger partial charge in [0.05, 0.1) is 0 Å². The molecule has 0 aromatic heterocycles. The molecule has 2 aliphatic heterocycles. The van der Waals surface area contributed by atoms with Gasteiger partial charge in [-0.15, -0.1) is 0 Å². The van der Waals surface area contributed by atoms with Crippen molar-refractivity contribution in [1.29, 1.82) is 0 Å². The topological polar surface area (TPSA) is 44.8 Å². The van der Waals surface area contributed by atoms with Crippen LogP contribution in [0.1, 0.15) is 25.7 Å². The third kappa shape index (κ3) is 4.04. The number of ether oxygens (including phenoxy) is 1. The molecule has 0 bridgehead atoms. The maximum atomic E-state index is 12.0. The zero-order valence-corrected chi connectivity index (χ0v) is 15.8. The maximum Gasteiger partial charge on any atom is 0.246 e. The molecular formula is C21H31N3O2. The molecule has 142 valence electrons. The van der Waals surface area contributed by atoms with Crippen LogP contribution in [0.2, 0.25) is 0 Å². The molecule has 5 nitrogen and oxygen atoms in total. The van der Waals surface area contributed by atoms with E-state index < -0.39 is 0 Å². The highest BCUT2D eigenvalue weighted by Gasteiger charge is 2.44. The molecule has 3 aliphatic rings. The molecule has 0 spiro atoms. The number of hydrogen-bond donors (Lipinski definition) is 1. The Bertz CT molecular complexity index is 597. The number of likely N-dealkylation sites (tertiary alicyclic amines) is 1. The lowest BCUT2D eigenvalue weighted by molar-refractivity contribution is -0.125. The zero-order valence-electron chi connectivity index (χ0n) is 15.8. The van der Waals surface area contributed by atoms with Crippen LogP contribution < -0.4 is 10.2 Å². The Balaban J connectivity index is 1.33. The van der Waals surface area contributed by atoms with Gasteiger partial charge in [-0.1, -0.05) is 18.2 Å². The second-order valence-electron chi connectivity index (χ2n) is 8.12. The number of nitrogens with one attached hydrogen (secondary N) is 1. The summed E-state index contributed by atoms with van der Waals surface area (Å²) in [5.41, 5.74) is 1.34. The van der Waals surface area contributed by atoms with Gasteiger partial charge in [0, 0.05) is 51.1 Å². The standard InChI is InChI=1S/C21H31N3O2/c1-26-15-21(25)22-20-14-24(13-19(20)16-7-8-16)18-9-11-23(12-10-18)17-5-3-2-4-6-17/h2-6,16,18-20H,7-15H2,1H3,(H,22,25)/t19-,20+/m1/s1. The highest BCUT2D eigenvalue weighted by atomic mass is 16.5. The smallest absolute Gasteiger partial charge is 0.246 e. The van der Waals surface area contributed by atoms with Gasteiger partial charge in [0.1, 0.15) is 6.61 Å². The molecule has 3 fully saturated rings. The first-order valence-electron chi connectivity index (χ1n) is 10.1. The van der Waals surface area contributed by atoms with E-state index >= 15 is 0 Å². The van der Waals surface area contributed by atoms with Crippen molar-refractivity contribution in [2.24, 2.45) is 11.8 Å². The van der Waals surface area contributed by atoms with Gasteiger partial charge in [-0.3, -0.25) is 9.69 Å². The molecule has 0 radical (unpaired) electrons. The van der Waals surface area contributed by atoms with E-state index in [1.807, 2.05) is 0 Å². The summed E-state index contributed by atoms with van der Waals surface area (Å²) >= 11 is 0. The number of methoxy groups -OCH3 is 1. The molecular weight excluding hydrogens is 326 g/mol. The van der Waals surface area contributed by atoms with E-state index in [0.29, 0.717) is 18.0 Å². The lowest BCUT2D eigenvalue weighted by Gasteiger charge is -2.38. The fourth-order valence-electron chi connectivity index (χ4n) is 4.82. The van der Waals surface area contributed by atoms with Crippen LogP contribution in [0.4, 0.5) is 5.69 Å². The molecule has 1 amide bonds. The zero-order chi connectivity index (χ0) is 17.9. The van der Waals surface area contributed by atoms with Crippen molar-refractivity contribution < 1.29 is 9.53 Å². The average Bonchev–Trinajstić information content (AvgIpc) is 3.43. The summed E-state index contributed by atoms with van der Waals surface area (Å²) in [5.74, 6) is 1.48. The van der Waals surface area contributed by atoms with Crippen molar-refractivity contribution >= 4 is 11.6 Å². The molecule has 2 atom stereocenters. The number of nitrogens with zero attached hydrogens (tertiary/aromatic N) is 2. The van der Waals surface area contributed by atoms with E-state index in [9.17, 15) is 4.79 Å². The van der Waals surface area contributed by atoms with Gasteiger partial charge in [0.25, 0.3) is 0 Å². The predicted molar refractivity (Wildman–Crippen MR) is 103 cm³/mol. The lowest BCUT2D eigenvalue weighted by atomic mass is 9.98. The molecule has 2 heterocycles. The number of rotatable bonds is 6. The number of amides is 1. The summed E-state index contributed by atoms with van der Waals surface area (Å²) in [5, 5.41) is 3.24. The van der Waals surface area contributed by atoms with Crippen LogP contribution in [0.15, 0.2) is 30.3 Å². The van der Waals surface area contributed by atoms with Crippen LogP contribution in [0.3, 0.4) is 0 Å². The van der Waals surface area contributed by atoms with Crippen molar-refractivity contribution in [3.05, 3.63) is 30.3 Å². The number of benzene rings is 1. The van der Waals surface area contributed by atoms with E-state index in [1.54, 1.807) is 7.11 Å². The Morgan fingerprint density at radius 2 is 1.85 bits per heavy atom. The minimum absolute atomic E-state index is 0.0314. The van der Waals surface area contributed by atoms with Gasteiger partial charge in [-0.2, -0.15) is 0 Å². The Kier molecular flexibility index (Phi) is 5.46. The van der Waals surface area contributed by atoms with Gasteiger partial charge in [0.2, 0.25) is 5.91 Å². The normalized spacial score (nSPS) is 27.7. The Morgan fingerprint density at radius 1 is 1.12 bits per heavy atom. The van der Waals surface area contributed by atoms with Gasteiger partial charge in [-0.05, 0) is 49.7 Å². The molecule has 0 unspecified atom stereocenters. The van der Waals surface area contributed by atoms with Crippen LogP contribution in [-0.4, -0.2) is 62.8 Å². The van der Waals surface area contributed by atoms with Crippen LogP contribution >= 0.6 is 0 Å². The summed E-state index contributed by atoms with van der Waals surface area (Å²) in [6, 6.07) is 11.7. The SMILES string of the molecule is COCC(=O)N[C@H]1CN(C2CCN(c3ccccc3)CC2)C[C@@H]1C1CC1. The van der Waals surface area contributed by atoms with Gasteiger partial charge in [-0.25, -0.2) is 0 Å². The van der Waals surface area contributed by atoms with E-state index in [4.69, 9.17) is 4.74 Å². The molecule has 1 aromatic carbocycles. The third-order valence-corrected chi connectivity index (χ3v) is 6.34. The maximum absolute atomic E-state index is 12.0. The molecule has 26 heavy (non-hydrogen) atoms. The van der Waals surface area contributed by atoms with Crippen molar-refractivity contribution in [1.82, 2.24) is 10.2 Å². The number of carbonyl (C=O) groups excluding carboxylic acids is 1. The Labute approximate surface area is 156 Å². The van der Waals surface area contributed by atoms with Crippen LogP contribution in [0.5, 0.6) is 0 Å². The molecule has 4 rings (SSSR count). The van der Waals surface area contributed by atoms with E-state index in [2.05, 4.69) is 45.4 Å². The van der Waals surface area contributed by atoms with Gasteiger partial charge >= 0.3 is 0 Å². The highest BCUT2D eigenvalue weighted by Crippen LogP contribution is 2.42. The fourth-order valence-corrected chi connectivity index (χ4v) is 4.82. The average molecular weight is 357 g/mol. The second-order valence-corrected chi connectivity index (χ2v) is 8.12. The monoisotopic (exact) mass is 357 g/mol. The van der Waals surface area contributed by atoms with E-state index in [0.717, 1.165) is 32.1 Å². The molecule has 1 N–H and O–H groups in total. The molecule has 1 aliphatic carbocycles. The van der Waals surface area contributed by atoms with E-state index in [-0.39, 0.29) is 12.5 Å². The quantitative estimate of drug-likeness (QED) is 0.847. The first kappa shape index (κ1) is 17.8. The highest BCUT2D eigenvalue weighted by molar-refractivity contribution is 5.77. The van der Waals surface area contributed by atoms with Crippen LogP contribution in [0.25, 0.3) is 0 Å². The summed E-state index contributed by atoms with van der Waals surface area (Å²) < 4.78 is 4.99. The van der Waals surface area contributed by atoms with Crippen molar-refractivity contribution in [2.45, 2.75) is 37.8 Å². The number of hydrogen-bond acceptors (Lipinski definition) is 4. The fraction of sp³-hybridized carbons (Fsp3) is 0.667. The number of anilines is 1. The Hall–Kier alpha value is -1.59. The van der Waals surface area contributed by atoms with Gasteiger partial charge < -0.3 is 15.0 Å². The minimum atomic E-state index is 0.0314. The van der Waals surface area contributed by atoms with E-state index in [1.165, 1.54) is 31.4 Å². The summed E-state index contributed by atoms with van der Waals surface area (Å²) in [4.78, 5) is 17.2. The van der Waals surface area contributed by atoms with Gasteiger partial charge in [0.15, 0.2) is 0 Å². The molecule has 5 heteroatoms. The summed E-state index contributed by atoms with van der Waals surface area (Å²) in [7, 11) is 1.58. The largest absolute Gasteiger partial charge is 0.375 e. The third-order valence-electron chi connectivity index (χ3n) is 6.34. The van der Waals surface area contributed by atoms with Crippen molar-refractivity contribution in [3.8, 4) is 0 Å². The van der Waals surface area contributed by atoms with Crippen molar-refractivity contribution in [3.63, 3.8) is 0 Å². The lowest BCUT2D eigenvalue weighted by Crippen LogP contribution is -2.46. The number of para-hydroxylation sites is 1. The summed E-state index contributed by atoms with van der Waals surface area (Å²) in [6.07, 6.45) is 5.10. The molecule has 2 saturated heterocycles. The first-order valence-corrected chi connectivity index (χ1v) is 10.1. The molecule has 1 saturated carbocycles. The predicted octanol–water partition coefficient (Wildman–Crippen LogP) is 2.13.